The Kier molecular flexibility index (Phi) is 9.75. The lowest BCUT2D eigenvalue weighted by Crippen LogP contribution is -2.33. The van der Waals surface area contributed by atoms with Gasteiger partial charge in [-0.3, -0.25) is 4.31 Å². The molecular weight excluding hydrogens is 482 g/mol. The first-order valence-electron chi connectivity index (χ1n) is 12.0. The zero-order chi connectivity index (χ0) is 25.3. The van der Waals surface area contributed by atoms with Gasteiger partial charge >= 0.3 is 5.97 Å². The summed E-state index contributed by atoms with van der Waals surface area (Å²) in [4.78, 5) is 11.3. The zero-order valence-electron chi connectivity index (χ0n) is 20.0. The summed E-state index contributed by atoms with van der Waals surface area (Å²) in [5, 5.41) is 9.61. The molecular formula is C28H32ClNO4S. The number of carboxylic acids is 1. The van der Waals surface area contributed by atoms with Crippen LogP contribution in [0.1, 0.15) is 60.5 Å². The number of hydrogen-bond acceptors (Lipinski definition) is 3. The van der Waals surface area contributed by atoms with Crippen molar-refractivity contribution in [1.29, 1.82) is 0 Å². The first-order valence-corrected chi connectivity index (χ1v) is 13.8. The van der Waals surface area contributed by atoms with Crippen LogP contribution in [0.5, 0.6) is 0 Å². The third kappa shape index (κ3) is 7.33. The Morgan fingerprint density at radius 3 is 2.17 bits per heavy atom. The molecule has 0 saturated heterocycles. The molecule has 0 aliphatic rings. The summed E-state index contributed by atoms with van der Waals surface area (Å²) in [6, 6.07) is 20.7. The lowest BCUT2D eigenvalue weighted by molar-refractivity contribution is 0.0697. The molecule has 0 aliphatic carbocycles. The lowest BCUT2D eigenvalue weighted by Gasteiger charge is -2.27. The van der Waals surface area contributed by atoms with Gasteiger partial charge in [-0.15, -0.1) is 0 Å². The Bertz CT molecular complexity index is 1210. The first-order chi connectivity index (χ1) is 16.8. The van der Waals surface area contributed by atoms with Gasteiger partial charge in [0.1, 0.15) is 0 Å². The highest BCUT2D eigenvalue weighted by Gasteiger charge is 2.26. The van der Waals surface area contributed by atoms with Crippen LogP contribution in [0.15, 0.2) is 77.7 Å². The molecule has 0 spiro atoms. The summed E-state index contributed by atoms with van der Waals surface area (Å²) in [5.74, 6) is -0.955. The molecule has 3 aromatic carbocycles. The molecule has 0 fully saturated rings. The summed E-state index contributed by atoms with van der Waals surface area (Å²) in [6.07, 6.45) is 6.40. The van der Waals surface area contributed by atoms with E-state index in [0.717, 1.165) is 43.2 Å². The van der Waals surface area contributed by atoms with Crippen LogP contribution in [0.4, 0.5) is 5.69 Å². The zero-order valence-corrected chi connectivity index (χ0v) is 21.6. The monoisotopic (exact) mass is 513 g/mol. The number of benzene rings is 3. The molecule has 3 rings (SSSR count). The van der Waals surface area contributed by atoms with E-state index in [4.69, 9.17) is 16.7 Å². The molecule has 0 heterocycles. The predicted molar refractivity (Wildman–Crippen MR) is 142 cm³/mol. The highest BCUT2D eigenvalue weighted by atomic mass is 35.5. The van der Waals surface area contributed by atoms with E-state index >= 15 is 0 Å². The molecule has 0 atom stereocenters. The van der Waals surface area contributed by atoms with E-state index in [1.807, 2.05) is 36.4 Å². The fourth-order valence-corrected chi connectivity index (χ4v) is 5.69. The minimum atomic E-state index is -3.77. The highest BCUT2D eigenvalue weighted by molar-refractivity contribution is 7.92. The Morgan fingerprint density at radius 1 is 0.857 bits per heavy atom. The molecule has 0 aliphatic heterocycles. The second-order valence-corrected chi connectivity index (χ2v) is 10.9. The molecule has 0 bridgehead atoms. The van der Waals surface area contributed by atoms with Crippen molar-refractivity contribution in [3.8, 4) is 0 Å². The molecule has 0 saturated carbocycles. The minimum absolute atomic E-state index is 0.217. The number of aryl methyl sites for hydroxylation is 2. The number of rotatable bonds is 13. The number of carbonyl (C=O) groups is 1. The van der Waals surface area contributed by atoms with Gasteiger partial charge in [-0.2, -0.15) is 0 Å². The van der Waals surface area contributed by atoms with E-state index in [-0.39, 0.29) is 10.5 Å². The molecule has 0 unspecified atom stereocenters. The number of carboxylic acid groups (broad SMARTS) is 1. The van der Waals surface area contributed by atoms with Gasteiger partial charge in [-0.1, -0.05) is 74.5 Å². The largest absolute Gasteiger partial charge is 0.478 e. The smallest absolute Gasteiger partial charge is 0.335 e. The summed E-state index contributed by atoms with van der Waals surface area (Å²) in [6.45, 7) is 2.56. The van der Waals surface area contributed by atoms with Crippen molar-refractivity contribution in [3.05, 3.63) is 94.5 Å². The van der Waals surface area contributed by atoms with Gasteiger partial charge in [0, 0.05) is 11.6 Å². The molecule has 0 amide bonds. The number of sulfonamides is 1. The average Bonchev–Trinajstić information content (AvgIpc) is 2.85. The van der Waals surface area contributed by atoms with Crippen LogP contribution in [0.2, 0.25) is 5.02 Å². The van der Waals surface area contributed by atoms with Crippen LogP contribution in [0.3, 0.4) is 0 Å². The van der Waals surface area contributed by atoms with E-state index in [0.29, 0.717) is 30.1 Å². The number of nitrogens with zero attached hydrogens (tertiary/aromatic N) is 1. The summed E-state index contributed by atoms with van der Waals surface area (Å²) in [5.41, 5.74) is 2.86. The molecule has 1 N–H and O–H groups in total. The Morgan fingerprint density at radius 2 is 1.51 bits per heavy atom. The molecule has 3 aromatic rings. The third-order valence-corrected chi connectivity index (χ3v) is 8.09. The Balaban J connectivity index is 1.87. The Hall–Kier alpha value is -2.83. The van der Waals surface area contributed by atoms with Gasteiger partial charge in [-0.25, -0.2) is 13.2 Å². The molecule has 35 heavy (non-hydrogen) atoms. The molecule has 186 valence electrons. The van der Waals surface area contributed by atoms with Crippen LogP contribution in [0, 0.1) is 0 Å². The van der Waals surface area contributed by atoms with E-state index in [1.54, 1.807) is 36.4 Å². The molecule has 5 nitrogen and oxygen atoms in total. The van der Waals surface area contributed by atoms with Crippen molar-refractivity contribution in [2.75, 3.05) is 10.8 Å². The number of halogens is 1. The number of unbranched alkanes of at least 4 members (excludes halogenated alkanes) is 4. The maximum Gasteiger partial charge on any atom is 0.335 e. The first kappa shape index (κ1) is 26.8. The third-order valence-electron chi connectivity index (χ3n) is 6.01. The fourth-order valence-electron chi connectivity index (χ4n) is 4.02. The topological polar surface area (TPSA) is 74.7 Å². The number of aromatic carboxylic acids is 1. The second-order valence-electron chi connectivity index (χ2n) is 8.58. The van der Waals surface area contributed by atoms with Crippen molar-refractivity contribution < 1.29 is 18.3 Å². The van der Waals surface area contributed by atoms with Crippen molar-refractivity contribution in [3.63, 3.8) is 0 Å². The van der Waals surface area contributed by atoms with Gasteiger partial charge in [0.25, 0.3) is 10.0 Å². The fraction of sp³-hybridized carbons (Fsp3) is 0.321. The maximum absolute atomic E-state index is 13.7. The highest BCUT2D eigenvalue weighted by Crippen LogP contribution is 2.29. The number of para-hydroxylation sites is 1. The van der Waals surface area contributed by atoms with Crippen LogP contribution in [-0.2, 0) is 22.9 Å². The predicted octanol–water partition coefficient (Wildman–Crippen LogP) is 6.99. The van der Waals surface area contributed by atoms with Gasteiger partial charge in [0.15, 0.2) is 0 Å². The van der Waals surface area contributed by atoms with Crippen LogP contribution < -0.4 is 4.31 Å². The van der Waals surface area contributed by atoms with Crippen molar-refractivity contribution in [2.45, 2.75) is 56.8 Å². The summed E-state index contributed by atoms with van der Waals surface area (Å²) >= 11 is 6.00. The van der Waals surface area contributed by atoms with Gasteiger partial charge < -0.3 is 5.11 Å². The summed E-state index contributed by atoms with van der Waals surface area (Å²) in [7, 11) is -3.77. The van der Waals surface area contributed by atoms with Crippen molar-refractivity contribution in [1.82, 2.24) is 0 Å². The van der Waals surface area contributed by atoms with E-state index < -0.39 is 16.0 Å². The number of hydrogen-bond donors (Lipinski definition) is 1. The van der Waals surface area contributed by atoms with Crippen LogP contribution in [0.25, 0.3) is 0 Å². The molecule has 0 radical (unpaired) electrons. The van der Waals surface area contributed by atoms with Gasteiger partial charge in [0.2, 0.25) is 0 Å². The minimum Gasteiger partial charge on any atom is -0.478 e. The molecule has 0 aromatic heterocycles. The van der Waals surface area contributed by atoms with E-state index in [2.05, 4.69) is 6.92 Å². The SMILES string of the molecule is CCCCCCCN(c1ccccc1CCc1ccc(C(=O)O)cc1)S(=O)(=O)c1ccc(Cl)cc1. The quantitative estimate of drug-likeness (QED) is 0.250. The van der Waals surface area contributed by atoms with E-state index in [1.165, 1.54) is 4.31 Å². The second kappa shape index (κ2) is 12.8. The Labute approximate surface area is 213 Å². The maximum atomic E-state index is 13.7. The van der Waals surface area contributed by atoms with Crippen LogP contribution >= 0.6 is 11.6 Å². The number of anilines is 1. The van der Waals surface area contributed by atoms with Crippen molar-refractivity contribution >= 4 is 33.3 Å². The van der Waals surface area contributed by atoms with Gasteiger partial charge in [-0.05, 0) is 72.9 Å². The van der Waals surface area contributed by atoms with Gasteiger partial charge in [0.05, 0.1) is 16.1 Å². The van der Waals surface area contributed by atoms with E-state index in [9.17, 15) is 13.2 Å². The van der Waals surface area contributed by atoms with Crippen molar-refractivity contribution in [2.24, 2.45) is 0 Å². The lowest BCUT2D eigenvalue weighted by atomic mass is 10.0. The normalized spacial score (nSPS) is 11.4. The standard InChI is InChI=1S/C28H32ClNO4S/c1-2-3-4-5-8-21-30(35(33,34)26-19-17-25(29)18-20-26)27-10-7-6-9-23(27)14-11-22-12-15-24(16-13-22)28(31)32/h6-7,9-10,12-13,15-20H,2-5,8,11,14,21H2,1H3,(H,31,32). The van der Waals surface area contributed by atoms with Crippen LogP contribution in [-0.4, -0.2) is 26.0 Å². The molecule has 7 heteroatoms. The average molecular weight is 514 g/mol. The summed E-state index contributed by atoms with van der Waals surface area (Å²) < 4.78 is 29.0.